The van der Waals surface area contributed by atoms with Crippen LogP contribution >= 0.6 is 11.8 Å². The van der Waals surface area contributed by atoms with Crippen LogP contribution in [0.15, 0.2) is 0 Å². The van der Waals surface area contributed by atoms with Crippen molar-refractivity contribution in [2.24, 2.45) is 5.92 Å². The highest BCUT2D eigenvalue weighted by molar-refractivity contribution is 8.13. The Balaban J connectivity index is 2.41. The summed E-state index contributed by atoms with van der Waals surface area (Å²) < 4.78 is 5.23. The summed E-state index contributed by atoms with van der Waals surface area (Å²) >= 11 is 1.00. The highest BCUT2D eigenvalue weighted by Gasteiger charge is 2.37. The Hall–Kier alpha value is -2.37. The molecule has 1 fully saturated rings. The van der Waals surface area contributed by atoms with Crippen LogP contribution in [0, 0.1) is 16.0 Å². The summed E-state index contributed by atoms with van der Waals surface area (Å²) in [6, 6.07) is -1.29. The number of nitrogens with one attached hydrogen (secondary N) is 1. The van der Waals surface area contributed by atoms with E-state index in [4.69, 9.17) is 4.74 Å². The van der Waals surface area contributed by atoms with Gasteiger partial charge in [0.2, 0.25) is 16.9 Å². The number of amides is 2. The van der Waals surface area contributed by atoms with Crippen molar-refractivity contribution in [3.63, 3.8) is 0 Å². The number of rotatable bonds is 15. The molecule has 0 aliphatic carbocycles. The van der Waals surface area contributed by atoms with E-state index >= 15 is 0 Å². The van der Waals surface area contributed by atoms with Crippen LogP contribution in [0.25, 0.3) is 0 Å². The zero-order valence-electron chi connectivity index (χ0n) is 19.6. The molecular formula is C21H35N3O8S. The first kappa shape index (κ1) is 28.7. The maximum absolute atomic E-state index is 12.9. The minimum absolute atomic E-state index is 0.0620. The van der Waals surface area contributed by atoms with Gasteiger partial charge in [0.05, 0.1) is 19.3 Å². The normalized spacial score (nSPS) is 17.2. The summed E-state index contributed by atoms with van der Waals surface area (Å²) in [5, 5.41) is 11.7. The molecule has 1 rings (SSSR count). The van der Waals surface area contributed by atoms with Crippen LogP contribution in [0.4, 0.5) is 0 Å². The Labute approximate surface area is 198 Å². The maximum Gasteiger partial charge on any atom is 0.328 e. The van der Waals surface area contributed by atoms with E-state index in [-0.39, 0.29) is 35.9 Å². The van der Waals surface area contributed by atoms with E-state index in [0.717, 1.165) is 24.6 Å². The first-order valence-electron chi connectivity index (χ1n) is 11.4. The second kappa shape index (κ2) is 15.5. The fraction of sp³-hybridized carbons (Fsp3) is 0.810. The van der Waals surface area contributed by atoms with Crippen LogP contribution in [-0.4, -0.2) is 70.5 Å². The van der Waals surface area contributed by atoms with Crippen LogP contribution in [-0.2, 0) is 28.8 Å². The van der Waals surface area contributed by atoms with E-state index in [1.807, 2.05) is 6.92 Å². The lowest BCUT2D eigenvalue weighted by Crippen LogP contribution is -2.44. The number of hydrogen-bond acceptors (Lipinski definition) is 9. The smallest absolute Gasteiger partial charge is 0.328 e. The number of nitrogens with zero attached hydrogens (tertiary/aromatic N) is 2. The fourth-order valence-corrected chi connectivity index (χ4v) is 4.15. The fourth-order valence-electron chi connectivity index (χ4n) is 3.28. The molecule has 188 valence electrons. The lowest BCUT2D eigenvalue weighted by atomic mass is 10.1. The van der Waals surface area contributed by atoms with Gasteiger partial charge >= 0.3 is 5.97 Å². The van der Waals surface area contributed by atoms with E-state index in [9.17, 15) is 29.3 Å². The summed E-state index contributed by atoms with van der Waals surface area (Å²) in [5.74, 6) is -1.09. The minimum Gasteiger partial charge on any atom is -0.464 e. The molecule has 0 saturated carbocycles. The molecule has 0 bridgehead atoms. The molecule has 0 aromatic heterocycles. The Bertz CT molecular complexity index is 690. The van der Waals surface area contributed by atoms with Gasteiger partial charge in [0, 0.05) is 24.6 Å². The zero-order valence-corrected chi connectivity index (χ0v) is 20.4. The van der Waals surface area contributed by atoms with Crippen molar-refractivity contribution >= 4 is 34.7 Å². The first-order chi connectivity index (χ1) is 15.7. The standard InChI is InChI=1S/C21H35N3O8S/c1-4-5-10-18(25)22-16(3)21(28)33-14-15(2)19(26)23-11-8-9-17(23)20(27)31-12-6-7-13-32-24(29)30/h15-17H,4-14H2,1-3H3,(H,22,25)/t15-,16?,17+/m1/s1. The SMILES string of the molecule is CCCCC(=O)NC(C)C(=O)SC[C@@H](C)C(=O)N1CCC[C@H]1C(=O)OCCCCO[N+](=O)[O-]. The van der Waals surface area contributed by atoms with Crippen LogP contribution in [0.2, 0.25) is 0 Å². The molecule has 1 saturated heterocycles. The number of ether oxygens (including phenoxy) is 1. The second-order valence-electron chi connectivity index (χ2n) is 8.04. The molecule has 12 heteroatoms. The zero-order chi connectivity index (χ0) is 24.8. The molecule has 0 aromatic rings. The Morgan fingerprint density at radius 1 is 1.18 bits per heavy atom. The van der Waals surface area contributed by atoms with Crippen molar-refractivity contribution in [3.05, 3.63) is 10.1 Å². The molecule has 1 aliphatic rings. The lowest BCUT2D eigenvalue weighted by molar-refractivity contribution is -0.757. The molecule has 1 heterocycles. The van der Waals surface area contributed by atoms with Gasteiger partial charge in [0.1, 0.15) is 6.04 Å². The number of carbonyl (C=O) groups is 4. The predicted molar refractivity (Wildman–Crippen MR) is 122 cm³/mol. The molecule has 0 aromatic carbocycles. The third kappa shape index (κ3) is 10.9. The summed E-state index contributed by atoms with van der Waals surface area (Å²) in [6.07, 6.45) is 4.03. The van der Waals surface area contributed by atoms with Crippen LogP contribution in [0.3, 0.4) is 0 Å². The van der Waals surface area contributed by atoms with Gasteiger partial charge in [-0.1, -0.05) is 32.0 Å². The average Bonchev–Trinajstić information content (AvgIpc) is 3.27. The predicted octanol–water partition coefficient (Wildman–Crippen LogP) is 2.10. The maximum atomic E-state index is 12.9. The van der Waals surface area contributed by atoms with Crippen molar-refractivity contribution in [1.29, 1.82) is 0 Å². The summed E-state index contributed by atoms with van der Waals surface area (Å²) in [6.45, 7) is 5.80. The number of unbranched alkanes of at least 4 members (excludes halogenated alkanes) is 2. The van der Waals surface area contributed by atoms with Gasteiger partial charge in [-0.3, -0.25) is 14.4 Å². The molecule has 0 spiro atoms. The molecule has 2 amide bonds. The van der Waals surface area contributed by atoms with E-state index in [1.165, 1.54) is 4.90 Å². The van der Waals surface area contributed by atoms with E-state index < -0.39 is 29.1 Å². The molecular weight excluding hydrogens is 454 g/mol. The van der Waals surface area contributed by atoms with Crippen molar-refractivity contribution in [2.75, 3.05) is 25.5 Å². The number of carbonyl (C=O) groups excluding carboxylic acids is 4. The molecule has 0 radical (unpaired) electrons. The van der Waals surface area contributed by atoms with Gasteiger partial charge < -0.3 is 19.8 Å². The largest absolute Gasteiger partial charge is 0.464 e. The Morgan fingerprint density at radius 3 is 2.55 bits per heavy atom. The average molecular weight is 490 g/mol. The molecule has 3 atom stereocenters. The number of esters is 1. The molecule has 11 nitrogen and oxygen atoms in total. The van der Waals surface area contributed by atoms with Crippen LogP contribution < -0.4 is 5.32 Å². The Morgan fingerprint density at radius 2 is 1.88 bits per heavy atom. The van der Waals surface area contributed by atoms with Gasteiger partial charge in [0.15, 0.2) is 0 Å². The van der Waals surface area contributed by atoms with Gasteiger partial charge in [-0.15, -0.1) is 10.1 Å². The highest BCUT2D eigenvalue weighted by atomic mass is 32.2. The second-order valence-corrected chi connectivity index (χ2v) is 9.07. The molecule has 33 heavy (non-hydrogen) atoms. The van der Waals surface area contributed by atoms with E-state index in [1.54, 1.807) is 13.8 Å². The third-order valence-electron chi connectivity index (χ3n) is 5.17. The van der Waals surface area contributed by atoms with Gasteiger partial charge in [-0.2, -0.15) is 0 Å². The topological polar surface area (TPSA) is 145 Å². The van der Waals surface area contributed by atoms with E-state index in [2.05, 4.69) is 10.2 Å². The van der Waals surface area contributed by atoms with Crippen molar-refractivity contribution in [2.45, 2.75) is 77.8 Å². The lowest BCUT2D eigenvalue weighted by Gasteiger charge is -2.26. The van der Waals surface area contributed by atoms with Gasteiger partial charge in [-0.25, -0.2) is 4.79 Å². The highest BCUT2D eigenvalue weighted by Crippen LogP contribution is 2.23. The summed E-state index contributed by atoms with van der Waals surface area (Å²) in [7, 11) is 0. The summed E-state index contributed by atoms with van der Waals surface area (Å²) in [5.41, 5.74) is 0. The summed E-state index contributed by atoms with van der Waals surface area (Å²) in [4.78, 5) is 65.1. The number of likely N-dealkylation sites (tertiary alicyclic amines) is 1. The van der Waals surface area contributed by atoms with E-state index in [0.29, 0.717) is 38.6 Å². The van der Waals surface area contributed by atoms with Gasteiger partial charge in [-0.05, 0) is 39.0 Å². The minimum atomic E-state index is -0.870. The first-order valence-corrected chi connectivity index (χ1v) is 12.4. The Kier molecular flexibility index (Phi) is 13.4. The van der Waals surface area contributed by atoms with Crippen LogP contribution in [0.1, 0.15) is 65.7 Å². The van der Waals surface area contributed by atoms with Gasteiger partial charge in [0.25, 0.3) is 5.09 Å². The van der Waals surface area contributed by atoms with Crippen molar-refractivity contribution in [1.82, 2.24) is 10.2 Å². The third-order valence-corrected chi connectivity index (χ3v) is 6.48. The van der Waals surface area contributed by atoms with Crippen molar-refractivity contribution in [3.8, 4) is 0 Å². The van der Waals surface area contributed by atoms with Crippen LogP contribution in [0.5, 0.6) is 0 Å². The monoisotopic (exact) mass is 489 g/mol. The molecule has 1 aliphatic heterocycles. The molecule has 1 N–H and O–H groups in total. The number of thioether (sulfide) groups is 1. The quantitative estimate of drug-likeness (QED) is 0.158. The molecule has 1 unspecified atom stereocenters. The number of hydrogen-bond donors (Lipinski definition) is 1. The van der Waals surface area contributed by atoms with Crippen molar-refractivity contribution < 1.29 is 33.8 Å².